The number of anilines is 2. The zero-order valence-electron chi connectivity index (χ0n) is 17.2. The summed E-state index contributed by atoms with van der Waals surface area (Å²) in [6, 6.07) is 13.5. The van der Waals surface area contributed by atoms with Crippen LogP contribution in [0.2, 0.25) is 0 Å². The summed E-state index contributed by atoms with van der Waals surface area (Å²) in [4.78, 5) is 33.7. The Labute approximate surface area is 180 Å². The van der Waals surface area contributed by atoms with Crippen LogP contribution < -0.4 is 15.0 Å². The van der Waals surface area contributed by atoms with Crippen LogP contribution in [0.5, 0.6) is 5.75 Å². The van der Waals surface area contributed by atoms with Gasteiger partial charge in [0.2, 0.25) is 11.8 Å². The molecular formula is C22H24N4O3S. The van der Waals surface area contributed by atoms with Crippen LogP contribution in [0.4, 0.5) is 11.4 Å². The number of fused-ring (bicyclic) bond motifs is 1. The maximum absolute atomic E-state index is 12.9. The lowest BCUT2D eigenvalue weighted by Gasteiger charge is -2.32. The molecular weight excluding hydrogens is 400 g/mol. The zero-order valence-corrected chi connectivity index (χ0v) is 18.0. The number of hydrogen-bond acceptors (Lipinski definition) is 6. The highest BCUT2D eigenvalue weighted by Gasteiger charge is 2.41. The van der Waals surface area contributed by atoms with Crippen LogP contribution >= 0.6 is 11.8 Å². The predicted molar refractivity (Wildman–Crippen MR) is 120 cm³/mol. The van der Waals surface area contributed by atoms with Gasteiger partial charge in [-0.1, -0.05) is 29.5 Å². The van der Waals surface area contributed by atoms with Crippen LogP contribution in [0.1, 0.15) is 17.5 Å². The molecule has 2 aliphatic heterocycles. The van der Waals surface area contributed by atoms with Crippen molar-refractivity contribution in [2.24, 2.45) is 4.99 Å². The molecule has 0 unspecified atom stereocenters. The van der Waals surface area contributed by atoms with Gasteiger partial charge in [-0.05, 0) is 49.7 Å². The summed E-state index contributed by atoms with van der Waals surface area (Å²) in [7, 11) is 1.63. The second-order valence-electron chi connectivity index (χ2n) is 7.40. The van der Waals surface area contributed by atoms with E-state index in [2.05, 4.69) is 10.3 Å². The molecule has 2 amide bonds. The fourth-order valence-corrected chi connectivity index (χ4v) is 4.66. The van der Waals surface area contributed by atoms with Gasteiger partial charge in [-0.25, -0.2) is 4.99 Å². The Morgan fingerprint density at radius 1 is 1.23 bits per heavy atom. The molecule has 30 heavy (non-hydrogen) atoms. The summed E-state index contributed by atoms with van der Waals surface area (Å²) in [6.45, 7) is 4.87. The average Bonchev–Trinajstić information content (AvgIpc) is 3.05. The molecule has 2 aliphatic rings. The minimum Gasteiger partial charge on any atom is -0.497 e. The summed E-state index contributed by atoms with van der Waals surface area (Å²) in [5.74, 6) is 0.538. The van der Waals surface area contributed by atoms with Crippen molar-refractivity contribution in [2.45, 2.75) is 25.5 Å². The van der Waals surface area contributed by atoms with E-state index < -0.39 is 5.25 Å². The third-order valence-corrected chi connectivity index (χ3v) is 6.39. The number of rotatable bonds is 5. The maximum atomic E-state index is 12.9. The van der Waals surface area contributed by atoms with E-state index in [0.29, 0.717) is 18.5 Å². The van der Waals surface area contributed by atoms with Gasteiger partial charge in [0.1, 0.15) is 24.3 Å². The fourth-order valence-electron chi connectivity index (χ4n) is 3.53. The van der Waals surface area contributed by atoms with E-state index >= 15 is 0 Å². The number of benzene rings is 2. The minimum atomic E-state index is -0.453. The second-order valence-corrected chi connectivity index (χ2v) is 8.57. The van der Waals surface area contributed by atoms with Crippen molar-refractivity contribution in [1.29, 1.82) is 0 Å². The molecule has 2 heterocycles. The first-order chi connectivity index (χ1) is 14.4. The number of hydrogen-bond donors (Lipinski definition) is 1. The molecule has 1 N–H and O–H groups in total. The number of carbonyl (C=O) groups is 2. The number of carbonyl (C=O) groups excluding carboxylic acids is 2. The Balaban J connectivity index is 1.39. The molecule has 0 radical (unpaired) electrons. The number of methoxy groups -OCH3 is 1. The first kappa shape index (κ1) is 20.3. The number of nitrogens with zero attached hydrogens (tertiary/aromatic N) is 3. The predicted octanol–water partition coefficient (Wildman–Crippen LogP) is 3.38. The summed E-state index contributed by atoms with van der Waals surface area (Å²) in [6.07, 6.45) is 0.120. The van der Waals surface area contributed by atoms with Crippen LogP contribution in [0, 0.1) is 13.8 Å². The quantitative estimate of drug-likeness (QED) is 0.797. The van der Waals surface area contributed by atoms with E-state index in [1.54, 1.807) is 12.0 Å². The smallest absolute Gasteiger partial charge is 0.244 e. The zero-order chi connectivity index (χ0) is 21.3. The SMILES string of the molecule is COc1ccc(N2CN=C3S[C@@H](CC(=O)Nc4ccc(C)cc4C)C(=O)N3C2)cc1. The monoisotopic (exact) mass is 424 g/mol. The number of amidine groups is 1. The van der Waals surface area contributed by atoms with Gasteiger partial charge in [-0.2, -0.15) is 0 Å². The third-order valence-electron chi connectivity index (χ3n) is 5.17. The number of aryl methyl sites for hydroxylation is 2. The molecule has 1 fully saturated rings. The Hall–Kier alpha value is -3.00. The fraction of sp³-hybridized carbons (Fsp3) is 0.318. The van der Waals surface area contributed by atoms with Crippen molar-refractivity contribution in [1.82, 2.24) is 4.90 Å². The molecule has 0 saturated carbocycles. The second kappa shape index (κ2) is 8.39. The molecule has 4 rings (SSSR count). The number of aliphatic imine (C=N–C) groups is 1. The molecule has 2 aromatic rings. The van der Waals surface area contributed by atoms with Crippen LogP contribution in [0.25, 0.3) is 0 Å². The molecule has 156 valence electrons. The van der Waals surface area contributed by atoms with Crippen molar-refractivity contribution in [3.63, 3.8) is 0 Å². The Morgan fingerprint density at radius 2 is 2.00 bits per heavy atom. The molecule has 2 aromatic carbocycles. The van der Waals surface area contributed by atoms with Gasteiger partial charge in [0, 0.05) is 17.8 Å². The van der Waals surface area contributed by atoms with E-state index in [0.717, 1.165) is 28.3 Å². The number of thioether (sulfide) groups is 1. The summed E-state index contributed by atoms with van der Waals surface area (Å²) in [5, 5.41) is 3.16. The van der Waals surface area contributed by atoms with Crippen LogP contribution in [0.3, 0.4) is 0 Å². The first-order valence-electron chi connectivity index (χ1n) is 9.73. The lowest BCUT2D eigenvalue weighted by molar-refractivity contribution is -0.128. The lowest BCUT2D eigenvalue weighted by Crippen LogP contribution is -2.46. The van der Waals surface area contributed by atoms with Gasteiger partial charge in [-0.15, -0.1) is 0 Å². The first-order valence-corrected chi connectivity index (χ1v) is 10.6. The standard InChI is InChI=1S/C22H24N4O3S/c1-14-4-9-18(15(2)10-14)24-20(27)11-19-21(28)26-13-25(12-23-22(26)30-19)16-5-7-17(29-3)8-6-16/h4-10,19H,11-13H2,1-3H3,(H,24,27)/t19-/m0/s1. The highest BCUT2D eigenvalue weighted by Crippen LogP contribution is 2.33. The van der Waals surface area contributed by atoms with Crippen LogP contribution in [-0.2, 0) is 9.59 Å². The highest BCUT2D eigenvalue weighted by molar-refractivity contribution is 8.15. The van der Waals surface area contributed by atoms with Gasteiger partial charge in [-0.3, -0.25) is 14.5 Å². The molecule has 7 nitrogen and oxygen atoms in total. The minimum absolute atomic E-state index is 0.0762. The highest BCUT2D eigenvalue weighted by atomic mass is 32.2. The molecule has 8 heteroatoms. The largest absolute Gasteiger partial charge is 0.497 e. The van der Waals surface area contributed by atoms with Gasteiger partial charge >= 0.3 is 0 Å². The normalized spacial score (nSPS) is 18.2. The summed E-state index contributed by atoms with van der Waals surface area (Å²) >= 11 is 1.37. The van der Waals surface area contributed by atoms with E-state index in [4.69, 9.17) is 4.74 Å². The number of amides is 2. The molecule has 0 aliphatic carbocycles. The van der Waals surface area contributed by atoms with E-state index in [9.17, 15) is 9.59 Å². The van der Waals surface area contributed by atoms with E-state index in [1.807, 2.05) is 61.2 Å². The van der Waals surface area contributed by atoms with Crippen molar-refractivity contribution in [3.8, 4) is 5.75 Å². The van der Waals surface area contributed by atoms with Gasteiger partial charge < -0.3 is 15.0 Å². The van der Waals surface area contributed by atoms with E-state index in [-0.39, 0.29) is 18.2 Å². The molecule has 0 aromatic heterocycles. The van der Waals surface area contributed by atoms with Crippen molar-refractivity contribution < 1.29 is 14.3 Å². The Kier molecular flexibility index (Phi) is 5.67. The van der Waals surface area contributed by atoms with Crippen molar-refractivity contribution in [3.05, 3.63) is 53.6 Å². The maximum Gasteiger partial charge on any atom is 0.244 e. The Morgan fingerprint density at radius 3 is 2.70 bits per heavy atom. The molecule has 1 atom stereocenters. The van der Waals surface area contributed by atoms with Crippen molar-refractivity contribution >= 4 is 40.1 Å². The topological polar surface area (TPSA) is 74.2 Å². The number of ether oxygens (including phenoxy) is 1. The van der Waals surface area contributed by atoms with Gasteiger partial charge in [0.25, 0.3) is 0 Å². The summed E-state index contributed by atoms with van der Waals surface area (Å²) in [5.41, 5.74) is 3.89. The van der Waals surface area contributed by atoms with Crippen LogP contribution in [-0.4, -0.2) is 47.6 Å². The van der Waals surface area contributed by atoms with E-state index in [1.165, 1.54) is 11.8 Å². The Bertz CT molecular complexity index is 1010. The third kappa shape index (κ3) is 4.14. The molecule has 0 spiro atoms. The molecule has 0 bridgehead atoms. The van der Waals surface area contributed by atoms with Gasteiger partial charge in [0.05, 0.1) is 7.11 Å². The molecule has 1 saturated heterocycles. The lowest BCUT2D eigenvalue weighted by atomic mass is 10.1. The summed E-state index contributed by atoms with van der Waals surface area (Å²) < 4.78 is 5.20. The average molecular weight is 425 g/mol. The van der Waals surface area contributed by atoms with Crippen molar-refractivity contribution in [2.75, 3.05) is 30.7 Å². The van der Waals surface area contributed by atoms with Crippen LogP contribution in [0.15, 0.2) is 47.5 Å². The number of nitrogens with one attached hydrogen (secondary N) is 1. The van der Waals surface area contributed by atoms with Gasteiger partial charge in [0.15, 0.2) is 5.17 Å².